The molecule has 0 bridgehead atoms. The summed E-state index contributed by atoms with van der Waals surface area (Å²) in [6, 6.07) is 9.44. The first-order chi connectivity index (χ1) is 12.5. The lowest BCUT2D eigenvalue weighted by atomic mass is 9.97. The number of nitrogens with zero attached hydrogens (tertiary/aromatic N) is 5. The van der Waals surface area contributed by atoms with Crippen LogP contribution in [0, 0.1) is 0 Å². The minimum absolute atomic E-state index is 0.0224. The van der Waals surface area contributed by atoms with Gasteiger partial charge in [-0.1, -0.05) is 18.2 Å². The highest BCUT2D eigenvalue weighted by molar-refractivity contribution is 5.78. The number of hydrogen-bond donors (Lipinski definition) is 0. The molecule has 1 unspecified atom stereocenters. The molecular weight excluding hydrogens is 330 g/mol. The maximum absolute atomic E-state index is 12.5. The number of aromatic nitrogens is 3. The summed E-state index contributed by atoms with van der Waals surface area (Å²) < 4.78 is 7.67. The molecule has 7 nitrogen and oxygen atoms in total. The van der Waals surface area contributed by atoms with Gasteiger partial charge in [0.2, 0.25) is 0 Å². The van der Waals surface area contributed by atoms with Gasteiger partial charge in [-0.05, 0) is 39.1 Å². The summed E-state index contributed by atoms with van der Waals surface area (Å²) in [7, 11) is 6.04. The van der Waals surface area contributed by atoms with E-state index in [1.165, 1.54) is 0 Å². The van der Waals surface area contributed by atoms with Crippen LogP contribution < -0.4 is 4.74 Å². The molecule has 1 aliphatic heterocycles. The van der Waals surface area contributed by atoms with E-state index in [4.69, 9.17) is 4.74 Å². The summed E-state index contributed by atoms with van der Waals surface area (Å²) in [5, 5.41) is 8.72. The fraction of sp³-hybridized carbons (Fsp3) is 0.526. The molecule has 0 saturated carbocycles. The Morgan fingerprint density at radius 2 is 2.04 bits per heavy atom. The minimum atomic E-state index is 0.0224. The molecule has 1 aromatic heterocycles. The second-order valence-electron chi connectivity index (χ2n) is 7.05. The highest BCUT2D eigenvalue weighted by Crippen LogP contribution is 2.26. The molecule has 1 fully saturated rings. The van der Waals surface area contributed by atoms with Gasteiger partial charge in [-0.25, -0.2) is 0 Å². The molecule has 26 heavy (non-hydrogen) atoms. The number of rotatable bonds is 6. The summed E-state index contributed by atoms with van der Waals surface area (Å²) in [5.74, 6) is 2.87. The lowest BCUT2D eigenvalue weighted by Crippen LogP contribution is -2.42. The Labute approximate surface area is 154 Å². The van der Waals surface area contributed by atoms with Gasteiger partial charge in [0.15, 0.2) is 6.61 Å². The molecule has 1 aromatic carbocycles. The number of benzene rings is 1. The van der Waals surface area contributed by atoms with Crippen LogP contribution in [0.3, 0.4) is 0 Å². The number of hydrogen-bond acceptors (Lipinski definition) is 5. The third-order valence-corrected chi connectivity index (χ3v) is 4.70. The Morgan fingerprint density at radius 1 is 1.27 bits per heavy atom. The molecule has 2 aromatic rings. The van der Waals surface area contributed by atoms with Crippen LogP contribution in [0.4, 0.5) is 0 Å². The SMILES string of the molecule is CN(C)Cc1nnc(C2CCCN(C(=O)COc3ccccc3)C2)n1C. The molecule has 1 saturated heterocycles. The zero-order valence-corrected chi connectivity index (χ0v) is 15.8. The molecule has 0 radical (unpaired) electrons. The Hall–Kier alpha value is -2.41. The standard InChI is InChI=1S/C19H27N5O2/c1-22(2)13-17-20-21-19(23(17)3)15-8-7-11-24(12-15)18(25)14-26-16-9-5-4-6-10-16/h4-6,9-10,15H,7-8,11-14H2,1-3H3. The highest BCUT2D eigenvalue weighted by Gasteiger charge is 2.28. The fourth-order valence-corrected chi connectivity index (χ4v) is 3.32. The van der Waals surface area contributed by atoms with Crippen molar-refractivity contribution in [3.05, 3.63) is 42.0 Å². The van der Waals surface area contributed by atoms with Crippen LogP contribution in [0.2, 0.25) is 0 Å². The second kappa shape index (κ2) is 8.31. The van der Waals surface area contributed by atoms with Gasteiger partial charge in [0.1, 0.15) is 17.4 Å². The molecule has 140 valence electrons. The Kier molecular flexibility index (Phi) is 5.88. The summed E-state index contributed by atoms with van der Waals surface area (Å²) in [6.07, 6.45) is 1.99. The quantitative estimate of drug-likeness (QED) is 0.787. The van der Waals surface area contributed by atoms with Gasteiger partial charge in [0.25, 0.3) is 5.91 Å². The smallest absolute Gasteiger partial charge is 0.260 e. The summed E-state index contributed by atoms with van der Waals surface area (Å²) in [4.78, 5) is 16.5. The van der Waals surface area contributed by atoms with Crippen molar-refractivity contribution in [2.45, 2.75) is 25.3 Å². The van der Waals surface area contributed by atoms with Crippen LogP contribution in [-0.4, -0.2) is 64.3 Å². The van der Waals surface area contributed by atoms with E-state index in [0.717, 1.165) is 43.3 Å². The van der Waals surface area contributed by atoms with E-state index in [9.17, 15) is 4.79 Å². The molecule has 0 spiro atoms. The Morgan fingerprint density at radius 3 is 2.77 bits per heavy atom. The first kappa shape index (κ1) is 18.4. The molecule has 2 heterocycles. The zero-order chi connectivity index (χ0) is 18.5. The maximum atomic E-state index is 12.5. The van der Waals surface area contributed by atoms with Crippen LogP contribution in [-0.2, 0) is 18.4 Å². The predicted molar refractivity (Wildman–Crippen MR) is 98.9 cm³/mol. The van der Waals surface area contributed by atoms with E-state index in [0.29, 0.717) is 6.54 Å². The van der Waals surface area contributed by atoms with E-state index in [1.807, 2.05) is 56.4 Å². The van der Waals surface area contributed by atoms with Gasteiger partial charge >= 0.3 is 0 Å². The third kappa shape index (κ3) is 4.40. The monoisotopic (exact) mass is 357 g/mol. The molecule has 1 aliphatic rings. The molecule has 7 heteroatoms. The fourth-order valence-electron chi connectivity index (χ4n) is 3.32. The number of likely N-dealkylation sites (tertiary alicyclic amines) is 1. The number of carbonyl (C=O) groups excluding carboxylic acids is 1. The van der Waals surface area contributed by atoms with Crippen molar-refractivity contribution >= 4 is 5.91 Å². The first-order valence-corrected chi connectivity index (χ1v) is 9.03. The molecule has 3 rings (SSSR count). The van der Waals surface area contributed by atoms with E-state index < -0.39 is 0 Å². The normalized spacial score (nSPS) is 17.5. The number of ether oxygens (including phenoxy) is 1. The van der Waals surface area contributed by atoms with Gasteiger partial charge in [-0.15, -0.1) is 10.2 Å². The lowest BCUT2D eigenvalue weighted by molar-refractivity contribution is -0.134. The van der Waals surface area contributed by atoms with E-state index >= 15 is 0 Å². The van der Waals surface area contributed by atoms with Crippen LogP contribution in [0.1, 0.15) is 30.4 Å². The van der Waals surface area contributed by atoms with Gasteiger partial charge in [0.05, 0.1) is 6.54 Å². The van der Waals surface area contributed by atoms with Crippen LogP contribution in [0.5, 0.6) is 5.75 Å². The summed E-state index contributed by atoms with van der Waals surface area (Å²) >= 11 is 0. The summed E-state index contributed by atoms with van der Waals surface area (Å²) in [6.45, 7) is 2.27. The molecule has 0 aliphatic carbocycles. The number of piperidine rings is 1. The highest BCUT2D eigenvalue weighted by atomic mass is 16.5. The van der Waals surface area contributed by atoms with Crippen molar-refractivity contribution in [3.8, 4) is 5.75 Å². The van der Waals surface area contributed by atoms with Crippen molar-refractivity contribution < 1.29 is 9.53 Å². The van der Waals surface area contributed by atoms with Crippen molar-refractivity contribution in [1.29, 1.82) is 0 Å². The lowest BCUT2D eigenvalue weighted by Gasteiger charge is -2.32. The van der Waals surface area contributed by atoms with Crippen LogP contribution >= 0.6 is 0 Å². The molecule has 1 atom stereocenters. The average molecular weight is 357 g/mol. The Bertz CT molecular complexity index is 729. The van der Waals surface area contributed by atoms with Gasteiger partial charge in [-0.3, -0.25) is 4.79 Å². The summed E-state index contributed by atoms with van der Waals surface area (Å²) in [5.41, 5.74) is 0. The van der Waals surface area contributed by atoms with Gasteiger partial charge in [-0.2, -0.15) is 0 Å². The number of para-hydroxylation sites is 1. The first-order valence-electron chi connectivity index (χ1n) is 9.03. The molecular formula is C19H27N5O2. The van der Waals surface area contributed by atoms with Gasteiger partial charge in [0, 0.05) is 26.1 Å². The number of amides is 1. The topological polar surface area (TPSA) is 63.5 Å². The largest absolute Gasteiger partial charge is 0.484 e. The van der Waals surface area contributed by atoms with Gasteiger partial charge < -0.3 is 19.1 Å². The average Bonchev–Trinajstić information content (AvgIpc) is 3.00. The van der Waals surface area contributed by atoms with E-state index in [2.05, 4.69) is 19.7 Å². The van der Waals surface area contributed by atoms with E-state index in [-0.39, 0.29) is 18.4 Å². The zero-order valence-electron chi connectivity index (χ0n) is 15.8. The molecule has 1 amide bonds. The van der Waals surface area contributed by atoms with Crippen LogP contribution in [0.25, 0.3) is 0 Å². The maximum Gasteiger partial charge on any atom is 0.260 e. The van der Waals surface area contributed by atoms with Crippen molar-refractivity contribution in [1.82, 2.24) is 24.6 Å². The van der Waals surface area contributed by atoms with Crippen LogP contribution in [0.15, 0.2) is 30.3 Å². The van der Waals surface area contributed by atoms with E-state index in [1.54, 1.807) is 0 Å². The second-order valence-corrected chi connectivity index (χ2v) is 7.05. The minimum Gasteiger partial charge on any atom is -0.484 e. The number of carbonyl (C=O) groups is 1. The predicted octanol–water partition coefficient (Wildman–Crippen LogP) is 1.66. The molecule has 0 N–H and O–H groups in total. The Balaban J connectivity index is 1.60. The van der Waals surface area contributed by atoms with Crippen molar-refractivity contribution in [2.24, 2.45) is 7.05 Å². The van der Waals surface area contributed by atoms with Crippen molar-refractivity contribution in [3.63, 3.8) is 0 Å². The van der Waals surface area contributed by atoms with Crippen molar-refractivity contribution in [2.75, 3.05) is 33.8 Å². The third-order valence-electron chi connectivity index (χ3n) is 4.70.